The summed E-state index contributed by atoms with van der Waals surface area (Å²) in [4.78, 5) is 24.1. The lowest BCUT2D eigenvalue weighted by Crippen LogP contribution is -2.27. The van der Waals surface area contributed by atoms with Gasteiger partial charge in [0.2, 0.25) is 0 Å². The van der Waals surface area contributed by atoms with Crippen LogP contribution in [-0.2, 0) is 14.3 Å². The van der Waals surface area contributed by atoms with Gasteiger partial charge in [0.25, 0.3) is 5.91 Å². The lowest BCUT2D eigenvalue weighted by molar-refractivity contribution is -0.141. The Kier molecular flexibility index (Phi) is 31.2. The number of hydrogen-bond donors (Lipinski definition) is 1. The summed E-state index contributed by atoms with van der Waals surface area (Å²) in [6.07, 6.45) is 33.0. The van der Waals surface area contributed by atoms with Gasteiger partial charge < -0.3 is 9.84 Å². The Labute approximate surface area is 262 Å². The van der Waals surface area contributed by atoms with Gasteiger partial charge in [0.1, 0.15) is 12.4 Å². The Morgan fingerprint density at radius 2 is 1.43 bits per heavy atom. The van der Waals surface area contributed by atoms with Crippen molar-refractivity contribution in [2.24, 2.45) is 0 Å². The number of thioether (sulfide) groups is 1. The Bertz CT molecular complexity index is 872. The van der Waals surface area contributed by atoms with E-state index in [2.05, 4.69) is 80.8 Å². The van der Waals surface area contributed by atoms with Crippen LogP contribution in [0.25, 0.3) is 0 Å². The van der Waals surface area contributed by atoms with Gasteiger partial charge in [0, 0.05) is 0 Å². The first-order valence-corrected chi connectivity index (χ1v) is 16.2. The molecule has 1 amide bonds. The van der Waals surface area contributed by atoms with Crippen molar-refractivity contribution in [2.75, 3.05) is 24.7 Å². The summed E-state index contributed by atoms with van der Waals surface area (Å²) in [5.41, 5.74) is 0.0564. The van der Waals surface area contributed by atoms with E-state index < -0.39 is 5.91 Å². The van der Waals surface area contributed by atoms with Crippen LogP contribution in [0.2, 0.25) is 0 Å². The Hall–Kier alpha value is -2.26. The van der Waals surface area contributed by atoms with Crippen molar-refractivity contribution in [3.63, 3.8) is 0 Å². The Morgan fingerprint density at radius 1 is 0.900 bits per heavy atom. The molecule has 40 heavy (non-hydrogen) atoms. The third-order valence-corrected chi connectivity index (χ3v) is 6.82. The fourth-order valence-electron chi connectivity index (χ4n) is 2.91. The monoisotopic (exact) mass is 683 g/mol. The van der Waals surface area contributed by atoms with Crippen LogP contribution >= 0.6 is 34.6 Å². The average Bonchev–Trinajstić information content (AvgIpc) is 2.95. The Morgan fingerprint density at radius 3 is 1.93 bits per heavy atom. The zero-order chi connectivity index (χ0) is 30.3. The lowest BCUT2D eigenvalue weighted by Gasteiger charge is -2.16. The van der Waals surface area contributed by atoms with E-state index in [1.807, 2.05) is 36.7 Å². The SMILES string of the molecule is C=C/C=C(\C(=C)O)C(=O)N(I)CCOC(=O)CSCCCC/C=C\C/C=C\C/C=C\C/C=C\C/C=C\CC.CC. The van der Waals surface area contributed by atoms with Gasteiger partial charge in [-0.25, -0.2) is 0 Å². The predicted octanol–water partition coefficient (Wildman–Crippen LogP) is 9.57. The molecule has 1 N–H and O–H groups in total. The number of carbonyl (C=O) groups excluding carboxylic acids is 2. The van der Waals surface area contributed by atoms with Gasteiger partial charge in [-0.15, -0.1) is 0 Å². The molecule has 0 saturated carbocycles. The predicted molar refractivity (Wildman–Crippen MR) is 184 cm³/mol. The number of aliphatic hydroxyl groups is 1. The molecule has 0 rings (SSSR count). The van der Waals surface area contributed by atoms with Crippen molar-refractivity contribution >= 4 is 46.5 Å². The minimum Gasteiger partial charge on any atom is -0.508 e. The van der Waals surface area contributed by atoms with Gasteiger partial charge in [0.15, 0.2) is 0 Å². The topological polar surface area (TPSA) is 66.8 Å². The number of halogens is 1. The quantitative estimate of drug-likeness (QED) is 0.0180. The maximum atomic E-state index is 12.2. The summed E-state index contributed by atoms with van der Waals surface area (Å²) >= 11 is 3.38. The number of unbranched alkanes of at least 4 members (excludes halogenated alkanes) is 2. The molecule has 0 saturated heterocycles. The van der Waals surface area contributed by atoms with E-state index in [4.69, 9.17) is 4.74 Å². The summed E-state index contributed by atoms with van der Waals surface area (Å²) < 4.78 is 6.53. The number of aliphatic hydroxyl groups excluding tert-OH is 1. The van der Waals surface area contributed by atoms with Gasteiger partial charge in [-0.05, 0) is 63.2 Å². The molecule has 0 atom stereocenters. The van der Waals surface area contributed by atoms with E-state index in [9.17, 15) is 14.7 Å². The standard InChI is InChI=1S/C31H44INO4S.C2H6/c1-4-6-7-8-9-10-11-12-13-14-15-16-17-18-19-20-21-22-26-38-27-30(35)37-25-24-33(32)31(36)29(23-5-2)28(3)34;1-2/h5-7,9-10,12-13,15-16,18-19,23,34H,2-4,8,11,14,17,20-22,24-27H2,1H3;1-2H3/b7-6-,10-9-,13-12-,16-15-,19-18-,29-23+;. The summed E-state index contributed by atoms with van der Waals surface area (Å²) in [6.45, 7) is 13.3. The maximum absolute atomic E-state index is 12.2. The first-order valence-electron chi connectivity index (χ1n) is 14.1. The number of rotatable bonds is 22. The molecule has 0 bridgehead atoms. The average molecular weight is 684 g/mol. The molecule has 0 aromatic carbocycles. The second kappa shape index (κ2) is 31.3. The van der Waals surface area contributed by atoms with E-state index >= 15 is 0 Å². The molecule has 0 radical (unpaired) electrons. The molecular formula is C33H50INO4S. The smallest absolute Gasteiger partial charge is 0.315 e. The molecule has 0 aliphatic rings. The van der Waals surface area contributed by atoms with Crippen LogP contribution < -0.4 is 0 Å². The van der Waals surface area contributed by atoms with Crippen molar-refractivity contribution in [3.8, 4) is 0 Å². The molecule has 224 valence electrons. The van der Waals surface area contributed by atoms with Crippen LogP contribution in [0.15, 0.2) is 97.4 Å². The molecule has 7 heteroatoms. The van der Waals surface area contributed by atoms with Crippen molar-refractivity contribution < 1.29 is 19.4 Å². The van der Waals surface area contributed by atoms with E-state index in [1.165, 1.54) is 15.3 Å². The normalized spacial score (nSPS) is 11.9. The van der Waals surface area contributed by atoms with E-state index in [0.717, 1.165) is 57.1 Å². The zero-order valence-electron chi connectivity index (χ0n) is 24.7. The van der Waals surface area contributed by atoms with E-state index in [1.54, 1.807) is 11.8 Å². The molecular weight excluding hydrogens is 633 g/mol. The fourth-order valence-corrected chi connectivity index (χ4v) is 4.17. The minimum absolute atomic E-state index is 0.0564. The van der Waals surface area contributed by atoms with Gasteiger partial charge in [-0.2, -0.15) is 11.8 Å². The molecule has 0 fully saturated rings. The third kappa shape index (κ3) is 26.0. The fraction of sp³-hybridized carbons (Fsp3) is 0.455. The van der Waals surface area contributed by atoms with Gasteiger partial charge in [-0.3, -0.25) is 12.7 Å². The Balaban J connectivity index is 0. The minimum atomic E-state index is -0.420. The first kappa shape index (κ1) is 39.9. The summed E-state index contributed by atoms with van der Waals surface area (Å²) in [7, 11) is 0. The number of carbonyl (C=O) groups is 2. The van der Waals surface area contributed by atoms with Crippen LogP contribution in [0.4, 0.5) is 0 Å². The van der Waals surface area contributed by atoms with Crippen LogP contribution in [0.5, 0.6) is 0 Å². The van der Waals surface area contributed by atoms with E-state index in [0.29, 0.717) is 5.75 Å². The molecule has 0 aliphatic carbocycles. The molecule has 0 heterocycles. The molecule has 0 aromatic heterocycles. The number of esters is 1. The zero-order valence-corrected chi connectivity index (χ0v) is 27.7. The number of hydrogen-bond acceptors (Lipinski definition) is 5. The summed E-state index contributed by atoms with van der Waals surface area (Å²) in [5.74, 6) is 0.164. The highest BCUT2D eigenvalue weighted by Gasteiger charge is 2.18. The van der Waals surface area contributed by atoms with Gasteiger partial charge in [0.05, 0.1) is 40.7 Å². The number of ether oxygens (including phenoxy) is 1. The highest BCUT2D eigenvalue weighted by molar-refractivity contribution is 14.1. The number of allylic oxidation sites excluding steroid dienone is 12. The van der Waals surface area contributed by atoms with Crippen molar-refractivity contribution in [2.45, 2.75) is 72.1 Å². The van der Waals surface area contributed by atoms with Crippen molar-refractivity contribution in [1.82, 2.24) is 3.11 Å². The highest BCUT2D eigenvalue weighted by atomic mass is 127. The van der Waals surface area contributed by atoms with E-state index in [-0.39, 0.29) is 30.5 Å². The largest absolute Gasteiger partial charge is 0.508 e. The second-order valence-electron chi connectivity index (χ2n) is 8.13. The van der Waals surface area contributed by atoms with Crippen LogP contribution in [0.1, 0.15) is 72.1 Å². The summed E-state index contributed by atoms with van der Waals surface area (Å²) in [6, 6.07) is 0. The second-order valence-corrected chi connectivity index (χ2v) is 10.4. The first-order chi connectivity index (χ1) is 19.4. The number of amides is 1. The van der Waals surface area contributed by atoms with Gasteiger partial charge >= 0.3 is 5.97 Å². The molecule has 0 unspecified atom stereocenters. The van der Waals surface area contributed by atoms with Crippen LogP contribution in [0, 0.1) is 0 Å². The van der Waals surface area contributed by atoms with Crippen LogP contribution in [0.3, 0.4) is 0 Å². The van der Waals surface area contributed by atoms with Crippen LogP contribution in [-0.4, -0.2) is 44.8 Å². The molecule has 0 aromatic rings. The maximum Gasteiger partial charge on any atom is 0.315 e. The molecule has 0 aliphatic heterocycles. The molecule has 0 spiro atoms. The number of nitrogens with zero attached hydrogens (tertiary/aromatic N) is 1. The third-order valence-electron chi connectivity index (χ3n) is 4.88. The summed E-state index contributed by atoms with van der Waals surface area (Å²) in [5, 5.41) is 9.51. The lowest BCUT2D eigenvalue weighted by atomic mass is 10.2. The van der Waals surface area contributed by atoms with Crippen molar-refractivity contribution in [3.05, 3.63) is 97.4 Å². The van der Waals surface area contributed by atoms with Crippen molar-refractivity contribution in [1.29, 1.82) is 0 Å². The molecule has 5 nitrogen and oxygen atoms in total. The highest BCUT2D eigenvalue weighted by Crippen LogP contribution is 2.13. The van der Waals surface area contributed by atoms with Gasteiger partial charge in [-0.1, -0.05) is 101 Å².